The molecule has 1 aliphatic heterocycles. The lowest BCUT2D eigenvalue weighted by atomic mass is 10.1. The number of benzene rings is 2. The van der Waals surface area contributed by atoms with Gasteiger partial charge in [0, 0.05) is 24.7 Å². The smallest absolute Gasteiger partial charge is 0.312 e. The van der Waals surface area contributed by atoms with Crippen molar-refractivity contribution in [2.45, 2.75) is 11.5 Å². The molecule has 146 valence electrons. The number of nitrogens with zero attached hydrogens (tertiary/aromatic N) is 3. The molecular formula is C18H17N3O6S. The molecule has 0 radical (unpaired) electrons. The number of nitro groups is 1. The van der Waals surface area contributed by atoms with Gasteiger partial charge in [-0.3, -0.25) is 10.1 Å². The summed E-state index contributed by atoms with van der Waals surface area (Å²) in [5.41, 5.74) is 0.518. The standard InChI is InChI=1S/C18H17N3O6S/c19-12-14-3-1-2-4-15(14)13-27-18-6-5-16(11-17(18)21(22)23)28(24,25)20-7-9-26-10-8-20/h1-6,11H,7-10,13H2. The largest absolute Gasteiger partial charge is 0.482 e. The van der Waals surface area contributed by atoms with Crippen LogP contribution in [0.5, 0.6) is 5.75 Å². The number of morpholine rings is 1. The molecule has 0 atom stereocenters. The third-order valence-electron chi connectivity index (χ3n) is 4.26. The highest BCUT2D eigenvalue weighted by Crippen LogP contribution is 2.32. The third kappa shape index (κ3) is 4.12. The van der Waals surface area contributed by atoms with Gasteiger partial charge in [-0.2, -0.15) is 9.57 Å². The maximum Gasteiger partial charge on any atom is 0.312 e. The summed E-state index contributed by atoms with van der Waals surface area (Å²) < 4.78 is 37.3. The Hall–Kier alpha value is -3.00. The van der Waals surface area contributed by atoms with Crippen LogP contribution >= 0.6 is 0 Å². The van der Waals surface area contributed by atoms with Crippen LogP contribution in [0, 0.1) is 21.4 Å². The minimum atomic E-state index is -3.86. The van der Waals surface area contributed by atoms with E-state index in [-0.39, 0.29) is 43.6 Å². The molecule has 3 rings (SSSR count). The van der Waals surface area contributed by atoms with E-state index in [4.69, 9.17) is 14.7 Å². The van der Waals surface area contributed by atoms with Gasteiger partial charge >= 0.3 is 5.69 Å². The maximum atomic E-state index is 12.7. The number of sulfonamides is 1. The third-order valence-corrected chi connectivity index (χ3v) is 6.15. The van der Waals surface area contributed by atoms with Crippen molar-refractivity contribution in [3.05, 3.63) is 63.7 Å². The molecule has 0 amide bonds. The second-order valence-electron chi connectivity index (χ2n) is 5.96. The summed E-state index contributed by atoms with van der Waals surface area (Å²) in [7, 11) is -3.86. The zero-order valence-corrected chi connectivity index (χ0v) is 15.6. The molecule has 0 spiro atoms. The van der Waals surface area contributed by atoms with Crippen molar-refractivity contribution < 1.29 is 22.8 Å². The summed E-state index contributed by atoms with van der Waals surface area (Å²) in [6.45, 7) is 0.889. The second kappa shape index (κ2) is 8.35. The Balaban J connectivity index is 1.87. The van der Waals surface area contributed by atoms with E-state index < -0.39 is 20.6 Å². The van der Waals surface area contributed by atoms with Crippen LogP contribution in [0.1, 0.15) is 11.1 Å². The highest BCUT2D eigenvalue weighted by molar-refractivity contribution is 7.89. The van der Waals surface area contributed by atoms with Crippen molar-refractivity contribution in [2.24, 2.45) is 0 Å². The number of ether oxygens (including phenoxy) is 2. The Morgan fingerprint density at radius 1 is 1.21 bits per heavy atom. The minimum absolute atomic E-state index is 0.0554. The second-order valence-corrected chi connectivity index (χ2v) is 7.90. The quantitative estimate of drug-likeness (QED) is 0.534. The minimum Gasteiger partial charge on any atom is -0.482 e. The average Bonchev–Trinajstić information content (AvgIpc) is 2.72. The Labute approximate surface area is 161 Å². The van der Waals surface area contributed by atoms with Crippen LogP contribution in [0.25, 0.3) is 0 Å². The first-order valence-electron chi connectivity index (χ1n) is 8.40. The molecule has 0 aliphatic carbocycles. The van der Waals surface area contributed by atoms with E-state index in [0.29, 0.717) is 11.1 Å². The van der Waals surface area contributed by atoms with Crippen molar-refractivity contribution in [1.29, 1.82) is 5.26 Å². The molecule has 1 heterocycles. The fourth-order valence-electron chi connectivity index (χ4n) is 2.77. The normalized spacial score (nSPS) is 15.0. The Kier molecular flexibility index (Phi) is 5.89. The zero-order chi connectivity index (χ0) is 20.1. The van der Waals surface area contributed by atoms with E-state index in [0.717, 1.165) is 6.07 Å². The van der Waals surface area contributed by atoms with Crippen LogP contribution in [0.15, 0.2) is 47.4 Å². The van der Waals surface area contributed by atoms with Gasteiger partial charge in [0.25, 0.3) is 0 Å². The van der Waals surface area contributed by atoms with Crippen molar-refractivity contribution in [1.82, 2.24) is 4.31 Å². The predicted molar refractivity (Wildman–Crippen MR) is 98.2 cm³/mol. The molecular weight excluding hydrogens is 386 g/mol. The van der Waals surface area contributed by atoms with Gasteiger partial charge in [0.05, 0.1) is 34.7 Å². The van der Waals surface area contributed by atoms with Gasteiger partial charge in [-0.05, 0) is 18.2 Å². The van der Waals surface area contributed by atoms with E-state index in [1.807, 2.05) is 6.07 Å². The molecule has 0 bridgehead atoms. The molecule has 9 nitrogen and oxygen atoms in total. The number of nitriles is 1. The molecule has 2 aromatic rings. The SMILES string of the molecule is N#Cc1ccccc1COc1ccc(S(=O)(=O)N2CCOCC2)cc1[N+](=O)[O-]. The fourth-order valence-corrected chi connectivity index (χ4v) is 4.20. The first kappa shape index (κ1) is 19.8. The van der Waals surface area contributed by atoms with Crippen molar-refractivity contribution in [2.75, 3.05) is 26.3 Å². The average molecular weight is 403 g/mol. The monoisotopic (exact) mass is 403 g/mol. The van der Waals surface area contributed by atoms with E-state index in [1.54, 1.807) is 24.3 Å². The van der Waals surface area contributed by atoms with E-state index >= 15 is 0 Å². The molecule has 0 unspecified atom stereocenters. The highest BCUT2D eigenvalue weighted by Gasteiger charge is 2.29. The van der Waals surface area contributed by atoms with Gasteiger partial charge in [-0.15, -0.1) is 0 Å². The lowest BCUT2D eigenvalue weighted by Gasteiger charge is -2.26. The molecule has 0 aromatic heterocycles. The Morgan fingerprint density at radius 3 is 2.61 bits per heavy atom. The maximum absolute atomic E-state index is 12.7. The molecule has 1 aliphatic rings. The van der Waals surface area contributed by atoms with E-state index in [9.17, 15) is 18.5 Å². The Bertz CT molecular complexity index is 1030. The van der Waals surface area contributed by atoms with E-state index in [2.05, 4.69) is 0 Å². The number of hydrogen-bond donors (Lipinski definition) is 0. The van der Waals surface area contributed by atoms with Crippen LogP contribution < -0.4 is 4.74 Å². The van der Waals surface area contributed by atoms with Gasteiger partial charge in [0.1, 0.15) is 6.61 Å². The van der Waals surface area contributed by atoms with Crippen LogP contribution in [0.3, 0.4) is 0 Å². The van der Waals surface area contributed by atoms with Gasteiger partial charge in [-0.25, -0.2) is 8.42 Å². The summed E-state index contributed by atoms with van der Waals surface area (Å²) in [6.07, 6.45) is 0. The van der Waals surface area contributed by atoms with Crippen LogP contribution in [-0.4, -0.2) is 43.9 Å². The van der Waals surface area contributed by atoms with Crippen LogP contribution in [0.2, 0.25) is 0 Å². The van der Waals surface area contributed by atoms with E-state index in [1.165, 1.54) is 16.4 Å². The summed E-state index contributed by atoms with van der Waals surface area (Å²) >= 11 is 0. The molecule has 1 saturated heterocycles. The van der Waals surface area contributed by atoms with Crippen LogP contribution in [-0.2, 0) is 21.4 Å². The number of nitro benzene ring substituents is 1. The summed E-state index contributed by atoms with van der Waals surface area (Å²) in [4.78, 5) is 10.6. The lowest BCUT2D eigenvalue weighted by Crippen LogP contribution is -2.40. The number of hydrogen-bond acceptors (Lipinski definition) is 7. The summed E-state index contributed by atoms with van der Waals surface area (Å²) in [6, 6.07) is 12.3. The predicted octanol–water partition coefficient (Wildman–Crippen LogP) is 2.07. The molecule has 10 heteroatoms. The number of rotatable bonds is 6. The Morgan fingerprint density at radius 2 is 1.93 bits per heavy atom. The van der Waals surface area contributed by atoms with Gasteiger partial charge in [0.15, 0.2) is 5.75 Å². The van der Waals surface area contributed by atoms with Crippen molar-refractivity contribution >= 4 is 15.7 Å². The van der Waals surface area contributed by atoms with Gasteiger partial charge < -0.3 is 9.47 Å². The molecule has 1 fully saturated rings. The van der Waals surface area contributed by atoms with Crippen molar-refractivity contribution in [3.63, 3.8) is 0 Å². The first-order valence-corrected chi connectivity index (χ1v) is 9.84. The lowest BCUT2D eigenvalue weighted by molar-refractivity contribution is -0.386. The van der Waals surface area contributed by atoms with Gasteiger partial charge in [0.2, 0.25) is 10.0 Å². The molecule has 28 heavy (non-hydrogen) atoms. The molecule has 0 saturated carbocycles. The molecule has 2 aromatic carbocycles. The molecule has 0 N–H and O–H groups in total. The zero-order valence-electron chi connectivity index (χ0n) is 14.8. The first-order chi connectivity index (χ1) is 13.4. The topological polar surface area (TPSA) is 123 Å². The summed E-state index contributed by atoms with van der Waals surface area (Å²) in [5, 5.41) is 20.6. The highest BCUT2D eigenvalue weighted by atomic mass is 32.2. The van der Waals surface area contributed by atoms with Gasteiger partial charge in [-0.1, -0.05) is 18.2 Å². The van der Waals surface area contributed by atoms with Crippen LogP contribution in [0.4, 0.5) is 5.69 Å². The fraction of sp³-hybridized carbons (Fsp3) is 0.278. The summed E-state index contributed by atoms with van der Waals surface area (Å²) in [5.74, 6) is -0.0707. The van der Waals surface area contributed by atoms with Crippen molar-refractivity contribution in [3.8, 4) is 11.8 Å².